The summed E-state index contributed by atoms with van der Waals surface area (Å²) < 4.78 is 19.0. The molecule has 2 unspecified atom stereocenters. The van der Waals surface area contributed by atoms with Gasteiger partial charge in [-0.3, -0.25) is 0 Å². The van der Waals surface area contributed by atoms with Crippen molar-refractivity contribution in [1.82, 2.24) is 5.32 Å². The van der Waals surface area contributed by atoms with E-state index in [1.807, 2.05) is 12.1 Å². The van der Waals surface area contributed by atoms with E-state index < -0.39 is 0 Å². The van der Waals surface area contributed by atoms with Crippen molar-refractivity contribution >= 4 is 0 Å². The number of nitrogens with one attached hydrogen (secondary N) is 1. The van der Waals surface area contributed by atoms with Gasteiger partial charge >= 0.3 is 0 Å². The SMILES string of the molecule is CCC(C)OC(CNC1CC1)c1ccc(F)cc1. The molecule has 0 aromatic heterocycles. The molecule has 1 aliphatic carbocycles. The van der Waals surface area contributed by atoms with Crippen LogP contribution in [0.4, 0.5) is 4.39 Å². The molecule has 0 radical (unpaired) electrons. The van der Waals surface area contributed by atoms with Gasteiger partial charge in [0.1, 0.15) is 5.82 Å². The number of rotatable bonds is 7. The highest BCUT2D eigenvalue weighted by atomic mass is 19.1. The number of hydrogen-bond acceptors (Lipinski definition) is 2. The van der Waals surface area contributed by atoms with Gasteiger partial charge < -0.3 is 10.1 Å². The molecule has 2 nitrogen and oxygen atoms in total. The van der Waals surface area contributed by atoms with Crippen LogP contribution in [0.5, 0.6) is 0 Å². The molecule has 0 bridgehead atoms. The van der Waals surface area contributed by atoms with Gasteiger partial charge in [-0.1, -0.05) is 19.1 Å². The fourth-order valence-electron chi connectivity index (χ4n) is 1.86. The van der Waals surface area contributed by atoms with Gasteiger partial charge in [0.2, 0.25) is 0 Å². The Morgan fingerprint density at radius 2 is 2.00 bits per heavy atom. The lowest BCUT2D eigenvalue weighted by atomic mass is 10.1. The third kappa shape index (κ3) is 4.07. The van der Waals surface area contributed by atoms with Crippen molar-refractivity contribution < 1.29 is 9.13 Å². The summed E-state index contributed by atoms with van der Waals surface area (Å²) in [7, 11) is 0. The van der Waals surface area contributed by atoms with Gasteiger partial charge in [-0.2, -0.15) is 0 Å². The lowest BCUT2D eigenvalue weighted by molar-refractivity contribution is -0.00472. The summed E-state index contributed by atoms with van der Waals surface area (Å²) in [6, 6.07) is 7.29. The molecule has 0 heterocycles. The lowest BCUT2D eigenvalue weighted by Gasteiger charge is -2.22. The zero-order valence-corrected chi connectivity index (χ0v) is 11.2. The van der Waals surface area contributed by atoms with Crippen LogP contribution in [0, 0.1) is 5.82 Å². The minimum Gasteiger partial charge on any atom is -0.369 e. The maximum atomic E-state index is 12.9. The Kier molecular flexibility index (Phi) is 4.72. The summed E-state index contributed by atoms with van der Waals surface area (Å²) in [5.41, 5.74) is 1.05. The molecule has 1 saturated carbocycles. The van der Waals surface area contributed by atoms with Crippen LogP contribution in [0.25, 0.3) is 0 Å². The summed E-state index contributed by atoms with van der Waals surface area (Å²) in [6.07, 6.45) is 3.75. The highest BCUT2D eigenvalue weighted by Crippen LogP contribution is 2.23. The average molecular weight is 251 g/mol. The Morgan fingerprint density at radius 1 is 1.33 bits per heavy atom. The van der Waals surface area contributed by atoms with Crippen LogP contribution in [0.1, 0.15) is 44.8 Å². The van der Waals surface area contributed by atoms with Crippen molar-refractivity contribution in [3.05, 3.63) is 35.6 Å². The van der Waals surface area contributed by atoms with Crippen molar-refractivity contribution in [2.45, 2.75) is 51.4 Å². The molecule has 1 aromatic rings. The number of ether oxygens (including phenoxy) is 1. The van der Waals surface area contributed by atoms with Gasteiger partial charge in [0.05, 0.1) is 12.2 Å². The van der Waals surface area contributed by atoms with E-state index in [1.165, 1.54) is 25.0 Å². The third-order valence-corrected chi connectivity index (χ3v) is 3.38. The molecule has 0 amide bonds. The van der Waals surface area contributed by atoms with Crippen LogP contribution in [-0.2, 0) is 4.74 Å². The van der Waals surface area contributed by atoms with Crippen molar-refractivity contribution in [3.8, 4) is 0 Å². The minimum atomic E-state index is -0.198. The standard InChI is InChI=1S/C15H22FNO/c1-3-11(2)18-15(10-17-14-8-9-14)12-4-6-13(16)7-5-12/h4-7,11,14-15,17H,3,8-10H2,1-2H3. The molecule has 0 saturated heterocycles. The summed E-state index contributed by atoms with van der Waals surface area (Å²) in [6.45, 7) is 5.00. The van der Waals surface area contributed by atoms with Gasteiger partial charge in [-0.05, 0) is 43.9 Å². The van der Waals surface area contributed by atoms with Crippen molar-refractivity contribution in [1.29, 1.82) is 0 Å². The summed E-state index contributed by atoms with van der Waals surface area (Å²) >= 11 is 0. The molecule has 3 heteroatoms. The first-order valence-electron chi connectivity index (χ1n) is 6.83. The number of benzene rings is 1. The second kappa shape index (κ2) is 6.30. The molecule has 1 aromatic carbocycles. The van der Waals surface area contributed by atoms with Gasteiger partial charge in [-0.25, -0.2) is 4.39 Å². The van der Waals surface area contributed by atoms with Gasteiger partial charge in [0.25, 0.3) is 0 Å². The van der Waals surface area contributed by atoms with E-state index >= 15 is 0 Å². The predicted octanol–water partition coefficient (Wildman–Crippen LogP) is 3.43. The first kappa shape index (κ1) is 13.5. The van der Waals surface area contributed by atoms with Crippen LogP contribution in [-0.4, -0.2) is 18.7 Å². The highest BCUT2D eigenvalue weighted by Gasteiger charge is 2.23. The van der Waals surface area contributed by atoms with Gasteiger partial charge in [-0.15, -0.1) is 0 Å². The topological polar surface area (TPSA) is 21.3 Å². The minimum absolute atomic E-state index is 0.0150. The Hall–Kier alpha value is -0.930. The van der Waals surface area contributed by atoms with E-state index in [9.17, 15) is 4.39 Å². The van der Waals surface area contributed by atoms with E-state index in [0.717, 1.165) is 18.5 Å². The average Bonchev–Trinajstić information content (AvgIpc) is 3.19. The Morgan fingerprint density at radius 3 is 2.56 bits per heavy atom. The molecule has 0 spiro atoms. The monoisotopic (exact) mass is 251 g/mol. The molecule has 2 atom stereocenters. The zero-order chi connectivity index (χ0) is 13.0. The smallest absolute Gasteiger partial charge is 0.123 e. The maximum Gasteiger partial charge on any atom is 0.123 e. The van der Waals surface area contributed by atoms with Crippen LogP contribution < -0.4 is 5.32 Å². The summed E-state index contributed by atoms with van der Waals surface area (Å²) in [5.74, 6) is -0.198. The molecule has 1 aliphatic rings. The van der Waals surface area contributed by atoms with E-state index in [-0.39, 0.29) is 18.0 Å². The molecule has 18 heavy (non-hydrogen) atoms. The van der Waals surface area contributed by atoms with Crippen molar-refractivity contribution in [2.24, 2.45) is 0 Å². The molecule has 100 valence electrons. The fraction of sp³-hybridized carbons (Fsp3) is 0.600. The van der Waals surface area contributed by atoms with Crippen LogP contribution in [0.15, 0.2) is 24.3 Å². The Balaban J connectivity index is 1.99. The molecule has 0 aliphatic heterocycles. The van der Waals surface area contributed by atoms with Crippen molar-refractivity contribution in [2.75, 3.05) is 6.54 Å². The van der Waals surface area contributed by atoms with E-state index in [2.05, 4.69) is 19.2 Å². The lowest BCUT2D eigenvalue weighted by Crippen LogP contribution is -2.27. The van der Waals surface area contributed by atoms with Crippen LogP contribution >= 0.6 is 0 Å². The summed E-state index contributed by atoms with van der Waals surface area (Å²) in [5, 5.41) is 3.48. The molecule has 1 N–H and O–H groups in total. The summed E-state index contributed by atoms with van der Waals surface area (Å²) in [4.78, 5) is 0. The van der Waals surface area contributed by atoms with Crippen LogP contribution in [0.3, 0.4) is 0 Å². The fourth-order valence-corrected chi connectivity index (χ4v) is 1.86. The van der Waals surface area contributed by atoms with E-state index in [1.54, 1.807) is 0 Å². The maximum absolute atomic E-state index is 12.9. The number of halogens is 1. The molecular weight excluding hydrogens is 229 g/mol. The van der Waals surface area contributed by atoms with E-state index in [0.29, 0.717) is 6.04 Å². The van der Waals surface area contributed by atoms with Crippen LogP contribution in [0.2, 0.25) is 0 Å². The first-order chi connectivity index (χ1) is 8.69. The molecule has 2 rings (SSSR count). The van der Waals surface area contributed by atoms with Gasteiger partial charge in [0, 0.05) is 12.6 Å². The number of hydrogen-bond donors (Lipinski definition) is 1. The quantitative estimate of drug-likeness (QED) is 0.801. The first-order valence-corrected chi connectivity index (χ1v) is 6.83. The largest absolute Gasteiger partial charge is 0.369 e. The predicted molar refractivity (Wildman–Crippen MR) is 71.0 cm³/mol. The normalized spacial score (nSPS) is 18.6. The van der Waals surface area contributed by atoms with Crippen molar-refractivity contribution in [3.63, 3.8) is 0 Å². The Labute approximate surface area is 109 Å². The second-order valence-corrected chi connectivity index (χ2v) is 5.08. The highest BCUT2D eigenvalue weighted by molar-refractivity contribution is 5.19. The third-order valence-electron chi connectivity index (χ3n) is 3.38. The second-order valence-electron chi connectivity index (χ2n) is 5.08. The molecular formula is C15H22FNO. The molecule has 1 fully saturated rings. The Bertz CT molecular complexity index is 361. The van der Waals surface area contributed by atoms with Gasteiger partial charge in [0.15, 0.2) is 0 Å². The zero-order valence-electron chi connectivity index (χ0n) is 11.2. The van der Waals surface area contributed by atoms with E-state index in [4.69, 9.17) is 4.74 Å².